The third-order valence-electron chi connectivity index (χ3n) is 6.05. The van der Waals surface area contributed by atoms with Crippen LogP contribution in [0, 0.1) is 13.8 Å². The molecule has 0 bridgehead atoms. The quantitative estimate of drug-likeness (QED) is 0.252. The lowest BCUT2D eigenvalue weighted by molar-refractivity contribution is -0.113. The van der Waals surface area contributed by atoms with Gasteiger partial charge in [-0.25, -0.2) is 4.98 Å². The highest BCUT2D eigenvalue weighted by molar-refractivity contribution is 7.99. The largest absolute Gasteiger partial charge is 0.325 e. The van der Waals surface area contributed by atoms with Gasteiger partial charge >= 0.3 is 0 Å². The summed E-state index contributed by atoms with van der Waals surface area (Å²) in [5.74, 6) is -0.0255. The lowest BCUT2D eigenvalue weighted by Gasteiger charge is -2.14. The third-order valence-corrected chi connectivity index (χ3v) is 8.40. The number of rotatable bonds is 5. The van der Waals surface area contributed by atoms with E-state index in [4.69, 9.17) is 16.6 Å². The highest BCUT2D eigenvalue weighted by atomic mass is 35.5. The van der Waals surface area contributed by atoms with E-state index < -0.39 is 0 Å². The van der Waals surface area contributed by atoms with E-state index in [2.05, 4.69) is 5.32 Å². The molecule has 174 valence electrons. The summed E-state index contributed by atoms with van der Waals surface area (Å²) < 4.78 is 1.66. The maximum Gasteiger partial charge on any atom is 0.267 e. The lowest BCUT2D eigenvalue weighted by atomic mass is 9.97. The number of benzene rings is 2. The zero-order valence-corrected chi connectivity index (χ0v) is 21.4. The van der Waals surface area contributed by atoms with Crippen molar-refractivity contribution in [2.45, 2.75) is 44.7 Å². The molecule has 0 atom stereocenters. The van der Waals surface area contributed by atoms with Crippen LogP contribution in [0.1, 0.15) is 34.4 Å². The van der Waals surface area contributed by atoms with Crippen molar-refractivity contribution in [1.82, 2.24) is 9.55 Å². The van der Waals surface area contributed by atoms with Crippen LogP contribution in [-0.2, 0) is 17.6 Å². The summed E-state index contributed by atoms with van der Waals surface area (Å²) in [6.07, 6.45) is 4.18. The molecule has 0 fully saturated rings. The van der Waals surface area contributed by atoms with E-state index in [-0.39, 0.29) is 17.2 Å². The summed E-state index contributed by atoms with van der Waals surface area (Å²) >= 11 is 8.93. The Hall–Kier alpha value is -2.61. The summed E-state index contributed by atoms with van der Waals surface area (Å²) in [5, 5.41) is 4.83. The van der Waals surface area contributed by atoms with Crippen molar-refractivity contribution in [2.75, 3.05) is 11.1 Å². The number of hydrogen-bond donors (Lipinski definition) is 1. The molecule has 1 amide bonds. The van der Waals surface area contributed by atoms with Gasteiger partial charge in [0.2, 0.25) is 5.91 Å². The van der Waals surface area contributed by atoms with Gasteiger partial charge in [0.15, 0.2) is 5.16 Å². The Morgan fingerprint density at radius 1 is 1.15 bits per heavy atom. The van der Waals surface area contributed by atoms with Gasteiger partial charge in [0.1, 0.15) is 4.83 Å². The zero-order valence-electron chi connectivity index (χ0n) is 19.0. The summed E-state index contributed by atoms with van der Waals surface area (Å²) in [4.78, 5) is 33.5. The Balaban J connectivity index is 1.51. The topological polar surface area (TPSA) is 64.0 Å². The number of nitrogens with zero attached hydrogens (tertiary/aromatic N) is 2. The first-order valence-electron chi connectivity index (χ1n) is 11.2. The monoisotopic (exact) mass is 509 g/mol. The molecule has 0 saturated carbocycles. The first kappa shape index (κ1) is 23.1. The number of amides is 1. The van der Waals surface area contributed by atoms with Crippen LogP contribution in [-0.4, -0.2) is 21.2 Å². The molecule has 1 N–H and O–H groups in total. The van der Waals surface area contributed by atoms with Gasteiger partial charge in [0.25, 0.3) is 5.56 Å². The van der Waals surface area contributed by atoms with E-state index in [0.717, 1.165) is 64.0 Å². The summed E-state index contributed by atoms with van der Waals surface area (Å²) in [6, 6.07) is 13.2. The molecule has 1 aliphatic rings. The number of nitrogens with one attached hydrogen (secondary N) is 1. The number of aromatic nitrogens is 2. The van der Waals surface area contributed by atoms with Crippen LogP contribution in [0.3, 0.4) is 0 Å². The van der Waals surface area contributed by atoms with Gasteiger partial charge in [-0.05, 0) is 81.0 Å². The Bertz CT molecular complexity index is 1460. The smallest absolute Gasteiger partial charge is 0.267 e. The molecule has 5 rings (SSSR count). The van der Waals surface area contributed by atoms with Gasteiger partial charge in [0.05, 0.1) is 16.8 Å². The lowest BCUT2D eigenvalue weighted by Crippen LogP contribution is -2.23. The molecular weight excluding hydrogens is 486 g/mol. The first-order valence-corrected chi connectivity index (χ1v) is 13.4. The van der Waals surface area contributed by atoms with Gasteiger partial charge in [0, 0.05) is 15.6 Å². The van der Waals surface area contributed by atoms with Gasteiger partial charge in [-0.3, -0.25) is 14.2 Å². The second kappa shape index (κ2) is 9.56. The number of halogens is 1. The van der Waals surface area contributed by atoms with Crippen molar-refractivity contribution in [3.8, 4) is 5.69 Å². The normalized spacial score (nSPS) is 13.1. The van der Waals surface area contributed by atoms with E-state index >= 15 is 0 Å². The molecule has 0 unspecified atom stereocenters. The van der Waals surface area contributed by atoms with Crippen molar-refractivity contribution >= 4 is 56.5 Å². The predicted molar refractivity (Wildman–Crippen MR) is 142 cm³/mol. The van der Waals surface area contributed by atoms with Crippen molar-refractivity contribution in [2.24, 2.45) is 0 Å². The fourth-order valence-corrected chi connectivity index (χ4v) is 6.63. The van der Waals surface area contributed by atoms with Crippen LogP contribution in [0.5, 0.6) is 0 Å². The van der Waals surface area contributed by atoms with Gasteiger partial charge in [-0.1, -0.05) is 41.1 Å². The minimum atomic E-state index is -0.161. The zero-order chi connectivity index (χ0) is 23.8. The van der Waals surface area contributed by atoms with Gasteiger partial charge in [-0.2, -0.15) is 0 Å². The number of aryl methyl sites for hydroxylation is 4. The molecule has 2 aromatic carbocycles. The van der Waals surface area contributed by atoms with Crippen molar-refractivity contribution in [3.63, 3.8) is 0 Å². The van der Waals surface area contributed by atoms with Crippen LogP contribution in [0.15, 0.2) is 52.4 Å². The second-order valence-corrected chi connectivity index (χ2v) is 11.0. The van der Waals surface area contributed by atoms with Crippen LogP contribution < -0.4 is 10.9 Å². The molecule has 1 aliphatic carbocycles. The van der Waals surface area contributed by atoms with Crippen LogP contribution in [0.25, 0.3) is 15.9 Å². The number of fused-ring (bicyclic) bond motifs is 3. The van der Waals surface area contributed by atoms with E-state index in [1.807, 2.05) is 44.2 Å². The molecule has 34 heavy (non-hydrogen) atoms. The molecule has 5 nitrogen and oxygen atoms in total. The number of hydrogen-bond acceptors (Lipinski definition) is 5. The highest BCUT2D eigenvalue weighted by Crippen LogP contribution is 2.35. The number of carbonyl (C=O) groups is 1. The fourth-order valence-electron chi connectivity index (χ4n) is 4.29. The molecule has 0 aliphatic heterocycles. The Morgan fingerprint density at radius 3 is 2.68 bits per heavy atom. The van der Waals surface area contributed by atoms with Crippen LogP contribution in [0.2, 0.25) is 5.02 Å². The number of carbonyl (C=O) groups excluding carboxylic acids is 1. The van der Waals surface area contributed by atoms with Gasteiger partial charge < -0.3 is 5.32 Å². The SMILES string of the molecule is Cc1ccc(-n2c(SCC(=O)Nc3ccc(Cl)cc3C)nc3sc4c(c3c2=O)CCCC4)cc1. The Morgan fingerprint density at radius 2 is 1.91 bits per heavy atom. The molecule has 2 aromatic heterocycles. The van der Waals surface area contributed by atoms with Crippen molar-refractivity contribution in [1.29, 1.82) is 0 Å². The summed E-state index contributed by atoms with van der Waals surface area (Å²) in [5.41, 5.74) is 4.61. The molecular formula is C26H24ClN3O2S2. The van der Waals surface area contributed by atoms with E-state index in [1.165, 1.54) is 16.6 Å². The van der Waals surface area contributed by atoms with E-state index in [9.17, 15) is 9.59 Å². The molecule has 2 heterocycles. The van der Waals surface area contributed by atoms with Crippen molar-refractivity contribution < 1.29 is 4.79 Å². The maximum atomic E-state index is 13.8. The molecule has 4 aromatic rings. The fraction of sp³-hybridized carbons (Fsp3) is 0.269. The Labute approximate surface area is 211 Å². The molecule has 0 spiro atoms. The predicted octanol–water partition coefficient (Wildman–Crippen LogP) is 6.33. The first-order chi connectivity index (χ1) is 16.4. The minimum absolute atomic E-state index is 0.0512. The van der Waals surface area contributed by atoms with E-state index in [1.54, 1.807) is 28.0 Å². The maximum absolute atomic E-state index is 13.8. The standard InChI is InChI=1S/C26H24ClN3O2S2/c1-15-7-10-18(11-8-15)30-25(32)23-19-5-3-4-6-21(19)34-24(23)29-26(30)33-14-22(31)28-20-12-9-17(27)13-16(20)2/h7-13H,3-6,14H2,1-2H3,(H,28,31). The van der Waals surface area contributed by atoms with Crippen molar-refractivity contribution in [3.05, 3.63) is 79.4 Å². The average molecular weight is 510 g/mol. The van der Waals surface area contributed by atoms with Gasteiger partial charge in [-0.15, -0.1) is 11.3 Å². The third kappa shape index (κ3) is 4.52. The highest BCUT2D eigenvalue weighted by Gasteiger charge is 2.23. The van der Waals surface area contributed by atoms with E-state index in [0.29, 0.717) is 10.2 Å². The molecule has 0 radical (unpaired) electrons. The van der Waals surface area contributed by atoms with Crippen LogP contribution in [0.4, 0.5) is 5.69 Å². The number of thiophene rings is 1. The summed E-state index contributed by atoms with van der Waals surface area (Å²) in [7, 11) is 0. The molecule has 0 saturated heterocycles. The Kier molecular flexibility index (Phi) is 6.51. The number of thioether (sulfide) groups is 1. The van der Waals surface area contributed by atoms with Crippen LogP contribution >= 0.6 is 34.7 Å². The second-order valence-electron chi connectivity index (χ2n) is 8.56. The minimum Gasteiger partial charge on any atom is -0.325 e. The average Bonchev–Trinajstić information content (AvgIpc) is 3.19. The number of anilines is 1. The molecule has 8 heteroatoms. The summed E-state index contributed by atoms with van der Waals surface area (Å²) in [6.45, 7) is 3.92.